The van der Waals surface area contributed by atoms with Gasteiger partial charge in [-0.1, -0.05) is 29.9 Å². The fourth-order valence-corrected chi connectivity index (χ4v) is 4.20. The van der Waals surface area contributed by atoms with Gasteiger partial charge in [0.1, 0.15) is 0 Å². The van der Waals surface area contributed by atoms with Crippen molar-refractivity contribution < 1.29 is 19.0 Å². The molecular formula is C26H35NO4. The summed E-state index contributed by atoms with van der Waals surface area (Å²) in [6, 6.07) is 1.97. The second-order valence-corrected chi connectivity index (χ2v) is 8.77. The highest BCUT2D eigenvalue weighted by atomic mass is 16.7. The largest absolute Gasteiger partial charge is 0.492 e. The monoisotopic (exact) mass is 425 g/mol. The number of benzene rings is 1. The van der Waals surface area contributed by atoms with Crippen LogP contribution in [-0.4, -0.2) is 38.2 Å². The first-order chi connectivity index (χ1) is 14.8. The lowest BCUT2D eigenvalue weighted by Gasteiger charge is -2.35. The zero-order valence-electron chi connectivity index (χ0n) is 19.5. The molecule has 3 rings (SSSR count). The molecule has 0 saturated heterocycles. The maximum atomic E-state index is 13.1. The number of nitrogens with zero attached hydrogens (tertiary/aromatic N) is 1. The molecular weight excluding hydrogens is 390 g/mol. The molecule has 0 spiro atoms. The third-order valence-electron chi connectivity index (χ3n) is 6.11. The van der Waals surface area contributed by atoms with Crippen molar-refractivity contribution in [3.05, 3.63) is 52.6 Å². The van der Waals surface area contributed by atoms with Gasteiger partial charge in [0.15, 0.2) is 17.3 Å². The Kier molecular flexibility index (Phi) is 7.60. The van der Waals surface area contributed by atoms with Gasteiger partial charge in [-0.25, -0.2) is 0 Å². The van der Waals surface area contributed by atoms with E-state index in [1.165, 1.54) is 11.1 Å². The first-order valence-corrected chi connectivity index (χ1v) is 11.0. The van der Waals surface area contributed by atoms with Crippen molar-refractivity contribution in [3.63, 3.8) is 0 Å². The average molecular weight is 426 g/mol. The molecule has 5 heteroatoms. The first kappa shape index (κ1) is 23.1. The van der Waals surface area contributed by atoms with Gasteiger partial charge in [-0.05, 0) is 70.7 Å². The molecule has 1 aromatic carbocycles. The number of rotatable bonds is 9. The predicted octanol–water partition coefficient (Wildman–Crippen LogP) is 5.55. The van der Waals surface area contributed by atoms with Gasteiger partial charge >= 0.3 is 0 Å². The molecule has 0 N–H and O–H groups in total. The van der Waals surface area contributed by atoms with E-state index in [9.17, 15) is 4.79 Å². The summed E-state index contributed by atoms with van der Waals surface area (Å²) in [5.41, 5.74) is 5.48. The minimum atomic E-state index is -0.0693. The van der Waals surface area contributed by atoms with Gasteiger partial charge in [-0.2, -0.15) is 0 Å². The topological polar surface area (TPSA) is 48.0 Å². The highest BCUT2D eigenvalue weighted by Crippen LogP contribution is 2.50. The van der Waals surface area contributed by atoms with Gasteiger partial charge in [0.2, 0.25) is 12.5 Å². The Balaban J connectivity index is 1.72. The normalized spacial score (nSPS) is 17.8. The Bertz CT molecular complexity index is 908. The van der Waals surface area contributed by atoms with E-state index < -0.39 is 0 Å². The quantitative estimate of drug-likeness (QED) is 0.383. The SMILES string of the molecule is C=C(C/C=C(\C)CCC=C(C)C)C(=O)CC1c2c(cc3c(c2OC)OCO3)CCN1C. The van der Waals surface area contributed by atoms with Crippen LogP contribution < -0.4 is 14.2 Å². The number of carbonyl (C=O) groups is 1. The number of methoxy groups -OCH3 is 1. The summed E-state index contributed by atoms with van der Waals surface area (Å²) in [6.45, 7) is 11.5. The standard InChI is InChI=1S/C26H35NO4/c1-17(2)8-7-9-18(3)10-11-19(4)22(28)15-21-24-20(12-13-27(21)5)14-23-25(26(24)29-6)31-16-30-23/h8,10,14,21H,4,7,9,11-13,15-16H2,1-3,5-6H3/b18-10+. The Morgan fingerprint density at radius 2 is 2.06 bits per heavy atom. The lowest BCUT2D eigenvalue weighted by atomic mass is 9.87. The van der Waals surface area contributed by atoms with Crippen molar-refractivity contribution in [2.45, 2.75) is 58.9 Å². The van der Waals surface area contributed by atoms with E-state index in [0.717, 1.165) is 42.7 Å². The maximum Gasteiger partial charge on any atom is 0.231 e. The van der Waals surface area contributed by atoms with Gasteiger partial charge in [-0.3, -0.25) is 9.69 Å². The minimum absolute atomic E-state index is 0.0693. The number of ketones is 1. The van der Waals surface area contributed by atoms with Crippen LogP contribution in [0.5, 0.6) is 17.2 Å². The van der Waals surface area contributed by atoms with Crippen molar-refractivity contribution in [2.75, 3.05) is 27.5 Å². The van der Waals surface area contributed by atoms with Crippen LogP contribution in [0, 0.1) is 0 Å². The number of ether oxygens (including phenoxy) is 3. The molecule has 2 aliphatic rings. The van der Waals surface area contributed by atoms with Gasteiger partial charge in [0, 0.05) is 24.6 Å². The average Bonchev–Trinajstić information content (AvgIpc) is 3.20. The van der Waals surface area contributed by atoms with Gasteiger partial charge < -0.3 is 14.2 Å². The number of allylic oxidation sites excluding steroid dienone is 5. The Labute approximate surface area is 186 Å². The molecule has 2 aliphatic heterocycles. The number of carbonyl (C=O) groups excluding carboxylic acids is 1. The van der Waals surface area contributed by atoms with Crippen LogP contribution in [0.15, 0.2) is 41.5 Å². The molecule has 0 aliphatic carbocycles. The predicted molar refractivity (Wildman–Crippen MR) is 124 cm³/mol. The van der Waals surface area contributed by atoms with E-state index in [4.69, 9.17) is 14.2 Å². The Hall–Kier alpha value is -2.53. The molecule has 31 heavy (non-hydrogen) atoms. The molecule has 0 saturated carbocycles. The summed E-state index contributed by atoms with van der Waals surface area (Å²) in [6.07, 6.45) is 8.28. The number of hydrogen-bond donors (Lipinski definition) is 0. The molecule has 0 fully saturated rings. The van der Waals surface area contributed by atoms with Crippen LogP contribution in [-0.2, 0) is 11.2 Å². The number of hydrogen-bond acceptors (Lipinski definition) is 5. The highest BCUT2D eigenvalue weighted by Gasteiger charge is 2.35. The second-order valence-electron chi connectivity index (χ2n) is 8.77. The third kappa shape index (κ3) is 5.40. The van der Waals surface area contributed by atoms with Crippen LogP contribution in [0.3, 0.4) is 0 Å². The summed E-state index contributed by atoms with van der Waals surface area (Å²) >= 11 is 0. The van der Waals surface area contributed by atoms with E-state index >= 15 is 0 Å². The summed E-state index contributed by atoms with van der Waals surface area (Å²) < 4.78 is 17.0. The summed E-state index contributed by atoms with van der Waals surface area (Å²) in [5.74, 6) is 2.15. The lowest BCUT2D eigenvalue weighted by molar-refractivity contribution is -0.116. The van der Waals surface area contributed by atoms with Crippen molar-refractivity contribution >= 4 is 5.78 Å². The van der Waals surface area contributed by atoms with E-state index in [-0.39, 0.29) is 18.6 Å². The molecule has 0 amide bonds. The van der Waals surface area contributed by atoms with E-state index in [1.54, 1.807) is 7.11 Å². The molecule has 0 aromatic heterocycles. The minimum Gasteiger partial charge on any atom is -0.492 e. The van der Waals surface area contributed by atoms with Crippen molar-refractivity contribution in [2.24, 2.45) is 0 Å². The summed E-state index contributed by atoms with van der Waals surface area (Å²) in [4.78, 5) is 15.3. The van der Waals surface area contributed by atoms with Crippen molar-refractivity contribution in [3.8, 4) is 17.2 Å². The summed E-state index contributed by atoms with van der Waals surface area (Å²) in [5, 5.41) is 0. The van der Waals surface area contributed by atoms with Crippen LogP contribution in [0.4, 0.5) is 0 Å². The van der Waals surface area contributed by atoms with Gasteiger partial charge in [0.05, 0.1) is 7.11 Å². The van der Waals surface area contributed by atoms with Crippen LogP contribution >= 0.6 is 0 Å². The van der Waals surface area contributed by atoms with Crippen LogP contribution in [0.25, 0.3) is 0 Å². The van der Waals surface area contributed by atoms with E-state index in [1.807, 2.05) is 6.07 Å². The molecule has 1 atom stereocenters. The van der Waals surface area contributed by atoms with Crippen molar-refractivity contribution in [1.82, 2.24) is 4.90 Å². The van der Waals surface area contributed by atoms with Crippen LogP contribution in [0.1, 0.15) is 63.6 Å². The maximum absolute atomic E-state index is 13.1. The molecule has 2 heterocycles. The molecule has 0 radical (unpaired) electrons. The Morgan fingerprint density at radius 3 is 2.77 bits per heavy atom. The number of fused-ring (bicyclic) bond motifs is 2. The zero-order valence-corrected chi connectivity index (χ0v) is 19.5. The molecule has 0 bridgehead atoms. The second kappa shape index (κ2) is 10.2. The number of likely N-dealkylation sites (N-methyl/N-ethyl adjacent to an activating group) is 1. The summed E-state index contributed by atoms with van der Waals surface area (Å²) in [7, 11) is 3.70. The van der Waals surface area contributed by atoms with Crippen molar-refractivity contribution in [1.29, 1.82) is 0 Å². The van der Waals surface area contributed by atoms with E-state index in [2.05, 4.69) is 51.4 Å². The highest BCUT2D eigenvalue weighted by molar-refractivity contribution is 5.95. The molecule has 1 aromatic rings. The fraction of sp³-hybridized carbons (Fsp3) is 0.500. The smallest absolute Gasteiger partial charge is 0.231 e. The molecule has 168 valence electrons. The molecule has 5 nitrogen and oxygen atoms in total. The zero-order chi connectivity index (χ0) is 22.5. The third-order valence-corrected chi connectivity index (χ3v) is 6.11. The van der Waals surface area contributed by atoms with E-state index in [0.29, 0.717) is 29.9 Å². The first-order valence-electron chi connectivity index (χ1n) is 11.0. The Morgan fingerprint density at radius 1 is 1.29 bits per heavy atom. The van der Waals surface area contributed by atoms with Gasteiger partial charge in [-0.15, -0.1) is 0 Å². The lowest BCUT2D eigenvalue weighted by Crippen LogP contribution is -2.34. The fourth-order valence-electron chi connectivity index (χ4n) is 4.20. The van der Waals surface area contributed by atoms with Crippen LogP contribution in [0.2, 0.25) is 0 Å². The number of Topliss-reactive ketones (excluding diaryl/α,β-unsaturated/α-hetero) is 1. The van der Waals surface area contributed by atoms with Gasteiger partial charge in [0.25, 0.3) is 0 Å². The molecule has 1 unspecified atom stereocenters.